The Kier molecular flexibility index (Phi) is 2.42. The van der Waals surface area contributed by atoms with Crippen LogP contribution in [0.25, 0.3) is 0 Å². The van der Waals surface area contributed by atoms with E-state index in [4.69, 9.17) is 9.63 Å². The predicted octanol–water partition coefficient (Wildman–Crippen LogP) is 0.820. The molecule has 1 aromatic rings. The van der Waals surface area contributed by atoms with Crippen LogP contribution in [0.5, 0.6) is 0 Å². The Bertz CT molecular complexity index is 280. The van der Waals surface area contributed by atoms with Gasteiger partial charge in [0.2, 0.25) is 5.89 Å². The second-order valence-corrected chi connectivity index (χ2v) is 2.77. The number of carboxylic acid groups (broad SMARTS) is 1. The fraction of sp³-hybridized carbons (Fsp3) is 0.571. The van der Waals surface area contributed by atoms with Crippen LogP contribution in [-0.4, -0.2) is 21.2 Å². The van der Waals surface area contributed by atoms with Crippen LogP contribution in [0.3, 0.4) is 0 Å². The maximum Gasteiger partial charge on any atom is 0.311 e. The number of nitrogens with zero attached hydrogens (tertiary/aromatic N) is 2. The van der Waals surface area contributed by atoms with Crippen LogP contribution in [-0.2, 0) is 11.2 Å². The van der Waals surface area contributed by atoms with E-state index >= 15 is 0 Å². The van der Waals surface area contributed by atoms with Crippen LogP contribution in [0.2, 0.25) is 0 Å². The van der Waals surface area contributed by atoms with E-state index in [1.54, 1.807) is 0 Å². The number of rotatable bonds is 3. The van der Waals surface area contributed by atoms with Gasteiger partial charge in [0.05, 0.1) is 0 Å². The second-order valence-electron chi connectivity index (χ2n) is 2.77. The summed E-state index contributed by atoms with van der Waals surface area (Å²) in [6.07, 6.45) is -0.184. The van der Waals surface area contributed by atoms with Gasteiger partial charge >= 0.3 is 5.97 Å². The lowest BCUT2D eigenvalue weighted by atomic mass is 10.2. The molecule has 0 spiro atoms. The largest absolute Gasteiger partial charge is 0.481 e. The number of carbonyl (C=O) groups is 1. The molecule has 0 bridgehead atoms. The van der Waals surface area contributed by atoms with Gasteiger partial charge in [0, 0.05) is 5.92 Å². The average molecular weight is 170 g/mol. The summed E-state index contributed by atoms with van der Waals surface area (Å²) in [4.78, 5) is 14.1. The molecule has 1 aromatic heterocycles. The van der Waals surface area contributed by atoms with Gasteiger partial charge in [-0.2, -0.15) is 4.98 Å². The quantitative estimate of drug-likeness (QED) is 0.726. The molecule has 0 radical (unpaired) electrons. The van der Waals surface area contributed by atoms with Crippen LogP contribution in [0.15, 0.2) is 4.52 Å². The van der Waals surface area contributed by atoms with Crippen molar-refractivity contribution in [2.24, 2.45) is 0 Å². The van der Waals surface area contributed by atoms with E-state index in [1.165, 1.54) is 0 Å². The lowest BCUT2D eigenvalue weighted by Gasteiger charge is -1.91. The first-order chi connectivity index (χ1) is 5.59. The fourth-order valence-electron chi connectivity index (χ4n) is 0.709. The maximum absolute atomic E-state index is 10.2. The number of carboxylic acids is 1. The van der Waals surface area contributed by atoms with Crippen molar-refractivity contribution in [2.45, 2.75) is 26.2 Å². The highest BCUT2D eigenvalue weighted by atomic mass is 16.5. The summed E-state index contributed by atoms with van der Waals surface area (Å²) in [6.45, 7) is 3.80. The van der Waals surface area contributed by atoms with Crippen molar-refractivity contribution >= 4 is 5.97 Å². The Labute approximate surface area is 69.4 Å². The van der Waals surface area contributed by atoms with Crippen molar-refractivity contribution in [3.63, 3.8) is 0 Å². The SMILES string of the molecule is CC(C)c1nc(CC(=O)O)no1. The first kappa shape index (κ1) is 8.70. The summed E-state index contributed by atoms with van der Waals surface area (Å²) in [7, 11) is 0. The zero-order chi connectivity index (χ0) is 9.14. The molecule has 5 nitrogen and oxygen atoms in total. The van der Waals surface area contributed by atoms with Gasteiger partial charge < -0.3 is 9.63 Å². The minimum atomic E-state index is -0.953. The third-order valence-corrected chi connectivity index (χ3v) is 1.29. The molecule has 0 unspecified atom stereocenters. The van der Waals surface area contributed by atoms with Crippen LogP contribution in [0.4, 0.5) is 0 Å². The van der Waals surface area contributed by atoms with Crippen molar-refractivity contribution in [3.8, 4) is 0 Å². The summed E-state index contributed by atoms with van der Waals surface area (Å²) in [6, 6.07) is 0. The average Bonchev–Trinajstić information content (AvgIpc) is 2.34. The molecule has 0 aliphatic rings. The van der Waals surface area contributed by atoms with Gasteiger partial charge in [-0.1, -0.05) is 19.0 Å². The molecule has 0 saturated heterocycles. The summed E-state index contributed by atoms with van der Waals surface area (Å²) in [5.41, 5.74) is 0. The molecule has 1 heterocycles. The van der Waals surface area contributed by atoms with Crippen LogP contribution < -0.4 is 0 Å². The molecule has 0 saturated carbocycles. The molecule has 1 rings (SSSR count). The lowest BCUT2D eigenvalue weighted by molar-refractivity contribution is -0.136. The zero-order valence-electron chi connectivity index (χ0n) is 6.94. The van der Waals surface area contributed by atoms with Gasteiger partial charge in [0.25, 0.3) is 0 Å². The molecular weight excluding hydrogens is 160 g/mol. The third-order valence-electron chi connectivity index (χ3n) is 1.29. The van der Waals surface area contributed by atoms with Gasteiger partial charge in [0.1, 0.15) is 6.42 Å². The van der Waals surface area contributed by atoms with E-state index in [0.29, 0.717) is 5.89 Å². The van der Waals surface area contributed by atoms with Crippen molar-refractivity contribution in [3.05, 3.63) is 11.7 Å². The molecule has 0 aliphatic heterocycles. The normalized spacial score (nSPS) is 10.6. The Balaban J connectivity index is 2.70. The van der Waals surface area contributed by atoms with Gasteiger partial charge in [-0.3, -0.25) is 4.79 Å². The first-order valence-corrected chi connectivity index (χ1v) is 3.64. The molecule has 12 heavy (non-hydrogen) atoms. The Morgan fingerprint density at radius 1 is 1.67 bits per heavy atom. The highest BCUT2D eigenvalue weighted by molar-refractivity contribution is 5.68. The van der Waals surface area contributed by atoms with Gasteiger partial charge in [-0.05, 0) is 0 Å². The smallest absolute Gasteiger partial charge is 0.311 e. The number of aliphatic carboxylic acids is 1. The molecule has 0 aliphatic carbocycles. The van der Waals surface area contributed by atoms with Gasteiger partial charge in [-0.25, -0.2) is 0 Å². The van der Waals surface area contributed by atoms with E-state index in [0.717, 1.165) is 0 Å². The monoisotopic (exact) mass is 170 g/mol. The molecule has 0 amide bonds. The molecule has 0 atom stereocenters. The highest BCUT2D eigenvalue weighted by Crippen LogP contribution is 2.10. The second kappa shape index (κ2) is 3.34. The maximum atomic E-state index is 10.2. The molecular formula is C7H10N2O3. The Morgan fingerprint density at radius 2 is 2.33 bits per heavy atom. The topological polar surface area (TPSA) is 76.2 Å². The minimum absolute atomic E-state index is 0.139. The molecule has 1 N–H and O–H groups in total. The molecule has 66 valence electrons. The highest BCUT2D eigenvalue weighted by Gasteiger charge is 2.11. The first-order valence-electron chi connectivity index (χ1n) is 3.64. The molecule has 0 aromatic carbocycles. The summed E-state index contributed by atoms with van der Waals surface area (Å²) >= 11 is 0. The Morgan fingerprint density at radius 3 is 2.75 bits per heavy atom. The van der Waals surface area contributed by atoms with E-state index in [9.17, 15) is 4.79 Å². The number of aromatic nitrogens is 2. The molecule has 5 heteroatoms. The van der Waals surface area contributed by atoms with Gasteiger partial charge in [0.15, 0.2) is 5.82 Å². The van der Waals surface area contributed by atoms with Crippen LogP contribution in [0.1, 0.15) is 31.5 Å². The summed E-state index contributed by atoms with van der Waals surface area (Å²) in [5.74, 6) is -0.108. The standard InChI is InChI=1S/C7H10N2O3/c1-4(2)7-8-5(9-12-7)3-6(10)11/h4H,3H2,1-2H3,(H,10,11). The Hall–Kier alpha value is -1.39. The number of hydrogen-bond acceptors (Lipinski definition) is 4. The van der Waals surface area contributed by atoms with Crippen LogP contribution >= 0.6 is 0 Å². The van der Waals surface area contributed by atoms with Crippen molar-refractivity contribution in [2.75, 3.05) is 0 Å². The van der Waals surface area contributed by atoms with Crippen molar-refractivity contribution in [1.82, 2.24) is 10.1 Å². The van der Waals surface area contributed by atoms with E-state index in [2.05, 4.69) is 10.1 Å². The lowest BCUT2D eigenvalue weighted by Crippen LogP contribution is -2.01. The minimum Gasteiger partial charge on any atom is -0.481 e. The summed E-state index contributed by atoms with van der Waals surface area (Å²) < 4.78 is 4.80. The van der Waals surface area contributed by atoms with Gasteiger partial charge in [-0.15, -0.1) is 0 Å². The van der Waals surface area contributed by atoms with E-state index in [1.807, 2.05) is 13.8 Å². The third kappa shape index (κ3) is 2.05. The van der Waals surface area contributed by atoms with E-state index in [-0.39, 0.29) is 18.2 Å². The van der Waals surface area contributed by atoms with Crippen LogP contribution in [0, 0.1) is 0 Å². The predicted molar refractivity (Wildman–Crippen MR) is 39.7 cm³/mol. The summed E-state index contributed by atoms with van der Waals surface area (Å²) in [5, 5.41) is 11.9. The van der Waals surface area contributed by atoms with E-state index < -0.39 is 5.97 Å². The van der Waals surface area contributed by atoms with Crippen molar-refractivity contribution in [1.29, 1.82) is 0 Å². The zero-order valence-corrected chi connectivity index (χ0v) is 6.94. The molecule has 0 fully saturated rings. The van der Waals surface area contributed by atoms with Crippen molar-refractivity contribution < 1.29 is 14.4 Å². The number of hydrogen-bond donors (Lipinski definition) is 1. The fourth-order valence-corrected chi connectivity index (χ4v) is 0.709.